The third-order valence-electron chi connectivity index (χ3n) is 3.68. The minimum Gasteiger partial charge on any atom is -0.460 e. The molecule has 5 nitrogen and oxygen atoms in total. The lowest BCUT2D eigenvalue weighted by molar-refractivity contribution is 0.331. The molecule has 22 heavy (non-hydrogen) atoms. The van der Waals surface area contributed by atoms with Crippen LogP contribution in [0.15, 0.2) is 47.3 Å². The van der Waals surface area contributed by atoms with Gasteiger partial charge < -0.3 is 9.32 Å². The average molecular weight is 296 g/mol. The zero-order valence-corrected chi connectivity index (χ0v) is 12.9. The van der Waals surface area contributed by atoms with Crippen LogP contribution in [0.3, 0.4) is 0 Å². The molecule has 0 aliphatic rings. The van der Waals surface area contributed by atoms with E-state index in [2.05, 4.69) is 39.3 Å². The second-order valence-electron chi connectivity index (χ2n) is 5.52. The Kier molecular flexibility index (Phi) is 4.34. The van der Waals surface area contributed by atoms with Gasteiger partial charge in [0.25, 0.3) is 0 Å². The number of nitrogens with zero attached hydrogens (tertiary/aromatic N) is 3. The Bertz CT molecular complexity index is 717. The Hall–Kier alpha value is -2.40. The van der Waals surface area contributed by atoms with E-state index in [9.17, 15) is 0 Å². The quantitative estimate of drug-likeness (QED) is 0.759. The lowest BCUT2D eigenvalue weighted by atomic mass is 10.1. The number of hydrogen-bond acceptors (Lipinski definition) is 4. The van der Waals surface area contributed by atoms with E-state index < -0.39 is 0 Å². The molecule has 0 fully saturated rings. The van der Waals surface area contributed by atoms with E-state index in [4.69, 9.17) is 4.42 Å². The van der Waals surface area contributed by atoms with Gasteiger partial charge in [-0.2, -0.15) is 5.10 Å². The first kappa shape index (κ1) is 14.5. The average Bonchev–Trinajstić information content (AvgIpc) is 3.15. The van der Waals surface area contributed by atoms with Crippen LogP contribution in [0.1, 0.15) is 16.9 Å². The van der Waals surface area contributed by atoms with E-state index in [1.54, 1.807) is 0 Å². The highest BCUT2D eigenvalue weighted by Crippen LogP contribution is 2.24. The highest BCUT2D eigenvalue weighted by molar-refractivity contribution is 5.56. The fourth-order valence-electron chi connectivity index (χ4n) is 2.45. The highest BCUT2D eigenvalue weighted by Gasteiger charge is 2.12. The van der Waals surface area contributed by atoms with Crippen LogP contribution in [-0.4, -0.2) is 33.7 Å². The van der Waals surface area contributed by atoms with Gasteiger partial charge in [0.1, 0.15) is 11.5 Å². The normalized spacial score (nSPS) is 11.2. The van der Waals surface area contributed by atoms with Crippen LogP contribution in [0, 0.1) is 6.92 Å². The van der Waals surface area contributed by atoms with Crippen molar-refractivity contribution in [2.75, 3.05) is 13.6 Å². The number of H-pyrrole nitrogens is 1. The largest absolute Gasteiger partial charge is 0.460 e. The Morgan fingerprint density at radius 1 is 1.18 bits per heavy atom. The van der Waals surface area contributed by atoms with Crippen molar-refractivity contribution in [3.05, 3.63) is 59.7 Å². The topological polar surface area (TPSA) is 58.0 Å². The highest BCUT2D eigenvalue weighted by atomic mass is 16.3. The summed E-state index contributed by atoms with van der Waals surface area (Å²) in [6.45, 7) is 3.75. The first-order valence-electron chi connectivity index (χ1n) is 7.39. The van der Waals surface area contributed by atoms with E-state index in [0.717, 1.165) is 42.3 Å². The molecule has 0 amide bonds. The summed E-state index contributed by atoms with van der Waals surface area (Å²) in [5.41, 5.74) is 3.41. The minimum absolute atomic E-state index is 0.830. The van der Waals surface area contributed by atoms with Gasteiger partial charge in [-0.25, -0.2) is 0 Å². The molecule has 0 atom stereocenters. The lowest BCUT2D eigenvalue weighted by Crippen LogP contribution is -2.20. The van der Waals surface area contributed by atoms with E-state index >= 15 is 0 Å². The summed E-state index contributed by atoms with van der Waals surface area (Å²) >= 11 is 0. The molecule has 0 saturated carbocycles. The summed E-state index contributed by atoms with van der Waals surface area (Å²) in [7, 11) is 2.12. The minimum atomic E-state index is 0.830. The summed E-state index contributed by atoms with van der Waals surface area (Å²) in [6.07, 6.45) is 6.55. The molecule has 114 valence electrons. The van der Waals surface area contributed by atoms with Crippen LogP contribution in [0.25, 0.3) is 11.5 Å². The molecular weight excluding hydrogens is 276 g/mol. The van der Waals surface area contributed by atoms with Crippen molar-refractivity contribution in [2.24, 2.45) is 0 Å². The number of aromatic amines is 1. The number of rotatable bonds is 6. The summed E-state index contributed by atoms with van der Waals surface area (Å²) in [4.78, 5) is 6.33. The number of furan rings is 1. The summed E-state index contributed by atoms with van der Waals surface area (Å²) < 4.78 is 5.68. The van der Waals surface area contributed by atoms with E-state index in [1.807, 2.05) is 37.6 Å². The molecule has 0 aliphatic carbocycles. The molecule has 0 radical (unpaired) electrons. The fraction of sp³-hybridized carbons (Fsp3) is 0.294. The second-order valence-corrected chi connectivity index (χ2v) is 5.52. The molecule has 3 aromatic heterocycles. The van der Waals surface area contributed by atoms with Gasteiger partial charge in [-0.1, -0.05) is 0 Å². The lowest BCUT2D eigenvalue weighted by Gasteiger charge is -2.16. The predicted molar refractivity (Wildman–Crippen MR) is 85.3 cm³/mol. The summed E-state index contributed by atoms with van der Waals surface area (Å²) in [5, 5.41) is 7.20. The van der Waals surface area contributed by atoms with Crippen molar-refractivity contribution < 1.29 is 4.42 Å². The molecule has 0 unspecified atom stereocenters. The van der Waals surface area contributed by atoms with Crippen molar-refractivity contribution in [3.63, 3.8) is 0 Å². The molecule has 0 aromatic carbocycles. The predicted octanol–water partition coefficient (Wildman–Crippen LogP) is 3.05. The van der Waals surface area contributed by atoms with Gasteiger partial charge in [0.05, 0.1) is 6.20 Å². The molecular formula is C17H20N4O. The number of pyridine rings is 1. The van der Waals surface area contributed by atoms with Crippen LogP contribution < -0.4 is 0 Å². The Morgan fingerprint density at radius 3 is 2.73 bits per heavy atom. The van der Waals surface area contributed by atoms with Crippen LogP contribution >= 0.6 is 0 Å². The van der Waals surface area contributed by atoms with Gasteiger partial charge in [-0.05, 0) is 50.2 Å². The maximum absolute atomic E-state index is 5.68. The standard InChI is InChI=1S/C17H20N4O/c1-13-3-4-16(22-13)17-15(11-19-20-17)12-21(2)10-7-14-5-8-18-9-6-14/h3-6,8-9,11H,7,10,12H2,1-2H3,(H,19,20). The fourth-order valence-corrected chi connectivity index (χ4v) is 2.45. The molecule has 0 spiro atoms. The van der Waals surface area contributed by atoms with E-state index in [0.29, 0.717) is 0 Å². The van der Waals surface area contributed by atoms with Gasteiger partial charge in [0, 0.05) is 31.0 Å². The number of aryl methyl sites for hydroxylation is 1. The SMILES string of the molecule is Cc1ccc(-c2[nH]ncc2CN(C)CCc2ccncc2)o1. The molecule has 3 aromatic rings. The van der Waals surface area contributed by atoms with Crippen molar-refractivity contribution in [3.8, 4) is 11.5 Å². The Morgan fingerprint density at radius 2 is 2.00 bits per heavy atom. The monoisotopic (exact) mass is 296 g/mol. The van der Waals surface area contributed by atoms with Gasteiger partial charge in [-0.15, -0.1) is 0 Å². The maximum Gasteiger partial charge on any atom is 0.152 e. The molecule has 3 rings (SSSR count). The number of aromatic nitrogens is 3. The number of hydrogen-bond donors (Lipinski definition) is 1. The van der Waals surface area contributed by atoms with E-state index in [1.165, 1.54) is 5.56 Å². The van der Waals surface area contributed by atoms with Crippen LogP contribution in [0.5, 0.6) is 0 Å². The van der Waals surface area contributed by atoms with Gasteiger partial charge in [-0.3, -0.25) is 10.1 Å². The summed E-state index contributed by atoms with van der Waals surface area (Å²) in [6, 6.07) is 8.06. The van der Waals surface area contributed by atoms with Gasteiger partial charge in [0.15, 0.2) is 5.76 Å². The van der Waals surface area contributed by atoms with Crippen LogP contribution in [0.2, 0.25) is 0 Å². The Balaban J connectivity index is 1.62. The molecule has 1 N–H and O–H groups in total. The van der Waals surface area contributed by atoms with Gasteiger partial charge in [0.2, 0.25) is 0 Å². The first-order chi connectivity index (χ1) is 10.7. The molecule has 0 bridgehead atoms. The second kappa shape index (κ2) is 6.58. The molecule has 0 aliphatic heterocycles. The van der Waals surface area contributed by atoms with Gasteiger partial charge >= 0.3 is 0 Å². The third-order valence-corrected chi connectivity index (χ3v) is 3.68. The van der Waals surface area contributed by atoms with E-state index in [-0.39, 0.29) is 0 Å². The molecule has 5 heteroatoms. The first-order valence-corrected chi connectivity index (χ1v) is 7.39. The zero-order chi connectivity index (χ0) is 15.4. The van der Waals surface area contributed by atoms with Crippen molar-refractivity contribution in [1.82, 2.24) is 20.1 Å². The molecule has 3 heterocycles. The number of likely N-dealkylation sites (N-methyl/N-ethyl adjacent to an activating group) is 1. The zero-order valence-electron chi connectivity index (χ0n) is 12.9. The summed E-state index contributed by atoms with van der Waals surface area (Å²) in [5.74, 6) is 1.74. The van der Waals surface area contributed by atoms with Crippen molar-refractivity contribution in [1.29, 1.82) is 0 Å². The smallest absolute Gasteiger partial charge is 0.152 e. The van der Waals surface area contributed by atoms with Crippen LogP contribution in [0.4, 0.5) is 0 Å². The third kappa shape index (κ3) is 3.43. The van der Waals surface area contributed by atoms with Crippen molar-refractivity contribution in [2.45, 2.75) is 19.9 Å². The molecule has 0 saturated heterocycles. The maximum atomic E-state index is 5.68. The number of nitrogens with one attached hydrogen (secondary N) is 1. The van der Waals surface area contributed by atoms with Crippen LogP contribution in [-0.2, 0) is 13.0 Å². The van der Waals surface area contributed by atoms with Crippen molar-refractivity contribution >= 4 is 0 Å². The Labute approximate surface area is 130 Å².